The molecule has 112 valence electrons. The SMILES string of the molecule is COc1ccc(NC(=O)NC(CO)CC(C)C)cc1Cl. The van der Waals surface area contributed by atoms with Gasteiger partial charge in [-0.1, -0.05) is 25.4 Å². The number of aliphatic hydroxyl groups is 1. The van der Waals surface area contributed by atoms with Crippen molar-refractivity contribution in [3.63, 3.8) is 0 Å². The number of carbonyl (C=O) groups excluding carboxylic acids is 1. The molecule has 0 bridgehead atoms. The Morgan fingerprint density at radius 3 is 2.65 bits per heavy atom. The van der Waals surface area contributed by atoms with Gasteiger partial charge in [-0.15, -0.1) is 0 Å². The van der Waals surface area contributed by atoms with Gasteiger partial charge in [0.2, 0.25) is 0 Å². The number of aliphatic hydroxyl groups excluding tert-OH is 1. The van der Waals surface area contributed by atoms with Gasteiger partial charge >= 0.3 is 6.03 Å². The highest BCUT2D eigenvalue weighted by atomic mass is 35.5. The molecule has 0 aliphatic rings. The predicted octanol–water partition coefficient (Wildman–Crippen LogP) is 2.88. The van der Waals surface area contributed by atoms with Crippen LogP contribution in [0.5, 0.6) is 5.75 Å². The van der Waals surface area contributed by atoms with Gasteiger partial charge in [-0.05, 0) is 30.5 Å². The highest BCUT2D eigenvalue weighted by molar-refractivity contribution is 6.32. The van der Waals surface area contributed by atoms with Gasteiger partial charge in [0.05, 0.1) is 24.8 Å². The lowest BCUT2D eigenvalue weighted by Gasteiger charge is -2.18. The van der Waals surface area contributed by atoms with Crippen LogP contribution in [0.2, 0.25) is 5.02 Å². The van der Waals surface area contributed by atoms with E-state index in [2.05, 4.69) is 10.6 Å². The van der Waals surface area contributed by atoms with E-state index in [1.54, 1.807) is 18.2 Å². The van der Waals surface area contributed by atoms with Crippen molar-refractivity contribution in [3.8, 4) is 5.75 Å². The Hall–Kier alpha value is -1.46. The molecule has 2 amide bonds. The molecule has 1 rings (SSSR count). The fraction of sp³-hybridized carbons (Fsp3) is 0.500. The first-order valence-corrected chi connectivity index (χ1v) is 6.86. The van der Waals surface area contributed by atoms with Crippen LogP contribution in [-0.2, 0) is 0 Å². The van der Waals surface area contributed by atoms with Crippen molar-refractivity contribution in [2.24, 2.45) is 5.92 Å². The number of amides is 2. The third-order valence-corrected chi connectivity index (χ3v) is 3.02. The Bertz CT molecular complexity index is 452. The summed E-state index contributed by atoms with van der Waals surface area (Å²) in [5, 5.41) is 15.0. The summed E-state index contributed by atoms with van der Waals surface area (Å²) >= 11 is 5.98. The Morgan fingerprint density at radius 1 is 1.45 bits per heavy atom. The summed E-state index contributed by atoms with van der Waals surface area (Å²) in [6.07, 6.45) is 0.716. The van der Waals surface area contributed by atoms with E-state index in [-0.39, 0.29) is 18.7 Å². The van der Waals surface area contributed by atoms with Crippen LogP contribution < -0.4 is 15.4 Å². The van der Waals surface area contributed by atoms with E-state index in [1.807, 2.05) is 13.8 Å². The molecule has 0 spiro atoms. The highest BCUT2D eigenvalue weighted by Gasteiger charge is 2.13. The Balaban J connectivity index is 2.59. The average molecular weight is 301 g/mol. The maximum Gasteiger partial charge on any atom is 0.319 e. The number of carbonyl (C=O) groups is 1. The molecule has 0 heterocycles. The summed E-state index contributed by atoms with van der Waals surface area (Å²) in [6, 6.07) is 4.35. The minimum atomic E-state index is -0.370. The van der Waals surface area contributed by atoms with E-state index < -0.39 is 0 Å². The fourth-order valence-corrected chi connectivity index (χ4v) is 2.10. The smallest absolute Gasteiger partial charge is 0.319 e. The second-order valence-electron chi connectivity index (χ2n) is 4.96. The number of ether oxygens (including phenoxy) is 1. The van der Waals surface area contributed by atoms with E-state index in [1.165, 1.54) is 7.11 Å². The van der Waals surface area contributed by atoms with E-state index in [0.29, 0.717) is 28.8 Å². The molecule has 0 saturated carbocycles. The van der Waals surface area contributed by atoms with Gasteiger partial charge in [-0.2, -0.15) is 0 Å². The van der Waals surface area contributed by atoms with Crippen LogP contribution in [0.3, 0.4) is 0 Å². The third-order valence-electron chi connectivity index (χ3n) is 2.72. The number of rotatable bonds is 6. The quantitative estimate of drug-likeness (QED) is 0.756. The molecule has 1 atom stereocenters. The van der Waals surface area contributed by atoms with Crippen molar-refractivity contribution in [2.45, 2.75) is 26.3 Å². The Kier molecular flexibility index (Phi) is 6.61. The van der Waals surface area contributed by atoms with Crippen molar-refractivity contribution in [1.82, 2.24) is 5.32 Å². The summed E-state index contributed by atoms with van der Waals surface area (Å²) in [4.78, 5) is 11.8. The summed E-state index contributed by atoms with van der Waals surface area (Å²) in [7, 11) is 1.53. The second-order valence-corrected chi connectivity index (χ2v) is 5.36. The number of anilines is 1. The van der Waals surface area contributed by atoms with E-state index in [0.717, 1.165) is 0 Å². The molecule has 0 radical (unpaired) electrons. The minimum absolute atomic E-state index is 0.0883. The number of halogens is 1. The summed E-state index contributed by atoms with van der Waals surface area (Å²) in [5.41, 5.74) is 0.564. The fourth-order valence-electron chi connectivity index (χ4n) is 1.84. The van der Waals surface area contributed by atoms with Gasteiger partial charge in [0, 0.05) is 5.69 Å². The number of benzene rings is 1. The molecular formula is C14H21ClN2O3. The molecule has 0 saturated heterocycles. The monoisotopic (exact) mass is 300 g/mol. The molecule has 1 aromatic carbocycles. The van der Waals surface area contributed by atoms with Crippen molar-refractivity contribution < 1.29 is 14.6 Å². The lowest BCUT2D eigenvalue weighted by molar-refractivity contribution is 0.214. The molecule has 0 aliphatic heterocycles. The van der Waals surface area contributed by atoms with Gasteiger partial charge in [0.15, 0.2) is 0 Å². The van der Waals surface area contributed by atoms with Crippen molar-refractivity contribution >= 4 is 23.3 Å². The van der Waals surface area contributed by atoms with E-state index in [4.69, 9.17) is 16.3 Å². The lowest BCUT2D eigenvalue weighted by Crippen LogP contribution is -2.40. The maximum atomic E-state index is 11.8. The highest BCUT2D eigenvalue weighted by Crippen LogP contribution is 2.27. The molecule has 0 aliphatic carbocycles. The topological polar surface area (TPSA) is 70.6 Å². The van der Waals surface area contributed by atoms with E-state index >= 15 is 0 Å². The minimum Gasteiger partial charge on any atom is -0.495 e. The Morgan fingerprint density at radius 2 is 2.15 bits per heavy atom. The normalized spacial score (nSPS) is 12.1. The standard InChI is InChI=1S/C14H21ClN2O3/c1-9(2)6-11(8-18)17-14(19)16-10-4-5-13(20-3)12(15)7-10/h4-5,7,9,11,18H,6,8H2,1-3H3,(H2,16,17,19). The zero-order valence-electron chi connectivity index (χ0n) is 11.9. The van der Waals surface area contributed by atoms with Crippen molar-refractivity contribution in [2.75, 3.05) is 19.0 Å². The number of methoxy groups -OCH3 is 1. The molecule has 0 aromatic heterocycles. The Labute approximate surface area is 124 Å². The maximum absolute atomic E-state index is 11.8. The summed E-state index contributed by atoms with van der Waals surface area (Å²) in [6.45, 7) is 3.98. The molecule has 0 fully saturated rings. The summed E-state index contributed by atoms with van der Waals surface area (Å²) < 4.78 is 5.04. The molecular weight excluding hydrogens is 280 g/mol. The number of nitrogens with one attached hydrogen (secondary N) is 2. The molecule has 5 nitrogen and oxygen atoms in total. The third kappa shape index (κ3) is 5.27. The first kappa shape index (κ1) is 16.6. The van der Waals surface area contributed by atoms with Crippen molar-refractivity contribution in [1.29, 1.82) is 0 Å². The lowest BCUT2D eigenvalue weighted by atomic mass is 10.0. The molecule has 6 heteroatoms. The molecule has 1 unspecified atom stereocenters. The van der Waals surface area contributed by atoms with Crippen LogP contribution in [0.1, 0.15) is 20.3 Å². The second kappa shape index (κ2) is 7.97. The number of hydrogen-bond donors (Lipinski definition) is 3. The van der Waals surface area contributed by atoms with Crippen LogP contribution in [0.15, 0.2) is 18.2 Å². The largest absolute Gasteiger partial charge is 0.495 e. The zero-order valence-corrected chi connectivity index (χ0v) is 12.7. The van der Waals surface area contributed by atoms with Gasteiger partial charge in [-0.3, -0.25) is 0 Å². The average Bonchev–Trinajstić information content (AvgIpc) is 2.37. The van der Waals surface area contributed by atoms with Crippen molar-refractivity contribution in [3.05, 3.63) is 23.2 Å². The predicted molar refractivity (Wildman–Crippen MR) is 80.5 cm³/mol. The first-order chi connectivity index (χ1) is 9.46. The van der Waals surface area contributed by atoms with Crippen LogP contribution in [-0.4, -0.2) is 30.9 Å². The van der Waals surface area contributed by atoms with Crippen LogP contribution in [0, 0.1) is 5.92 Å². The number of hydrogen-bond acceptors (Lipinski definition) is 3. The zero-order chi connectivity index (χ0) is 15.1. The van der Waals surface area contributed by atoms with Gasteiger partial charge < -0.3 is 20.5 Å². The van der Waals surface area contributed by atoms with Crippen LogP contribution in [0.4, 0.5) is 10.5 Å². The molecule has 1 aromatic rings. The van der Waals surface area contributed by atoms with Gasteiger partial charge in [-0.25, -0.2) is 4.79 Å². The first-order valence-electron chi connectivity index (χ1n) is 6.48. The van der Waals surface area contributed by atoms with E-state index in [9.17, 15) is 9.90 Å². The van der Waals surface area contributed by atoms with Gasteiger partial charge in [0.1, 0.15) is 5.75 Å². The summed E-state index contributed by atoms with van der Waals surface area (Å²) in [5.74, 6) is 0.938. The van der Waals surface area contributed by atoms with Crippen LogP contribution in [0.25, 0.3) is 0 Å². The molecule has 20 heavy (non-hydrogen) atoms. The van der Waals surface area contributed by atoms with Gasteiger partial charge in [0.25, 0.3) is 0 Å². The van der Waals surface area contributed by atoms with Crippen LogP contribution >= 0.6 is 11.6 Å². The number of urea groups is 1. The molecule has 3 N–H and O–H groups in total.